The Balaban J connectivity index is 2.05. The highest BCUT2D eigenvalue weighted by molar-refractivity contribution is 7.89. The fourth-order valence-corrected chi connectivity index (χ4v) is 3.68. The van der Waals surface area contributed by atoms with Gasteiger partial charge in [0.15, 0.2) is 0 Å². The third-order valence-electron chi connectivity index (χ3n) is 3.77. The van der Waals surface area contributed by atoms with Crippen molar-refractivity contribution >= 4 is 21.6 Å². The Morgan fingerprint density at radius 2 is 2.27 bits per heavy atom. The van der Waals surface area contributed by atoms with Crippen LogP contribution in [0.25, 0.3) is 0 Å². The van der Waals surface area contributed by atoms with Gasteiger partial charge in [0.1, 0.15) is 0 Å². The Hall–Kier alpha value is -1.91. The van der Waals surface area contributed by atoms with Gasteiger partial charge in [-0.25, -0.2) is 12.7 Å². The van der Waals surface area contributed by atoms with E-state index in [1.165, 1.54) is 4.31 Å². The number of hydrogen-bond acceptors (Lipinski definition) is 4. The van der Waals surface area contributed by atoms with E-state index in [1.54, 1.807) is 31.2 Å². The number of nitrogens with one attached hydrogen (secondary N) is 1. The molecule has 118 valence electrons. The summed E-state index contributed by atoms with van der Waals surface area (Å²) in [6, 6.07) is 8.68. The lowest BCUT2D eigenvalue weighted by atomic mass is 9.98. The van der Waals surface area contributed by atoms with Crippen LogP contribution in [0, 0.1) is 17.2 Å². The van der Waals surface area contributed by atoms with Gasteiger partial charge in [0.2, 0.25) is 15.9 Å². The average Bonchev–Trinajstić information content (AvgIpc) is 2.55. The predicted octanol–water partition coefficient (Wildman–Crippen LogP) is 1.56. The molecule has 1 atom stereocenters. The zero-order valence-electron chi connectivity index (χ0n) is 12.4. The van der Waals surface area contributed by atoms with Gasteiger partial charge < -0.3 is 5.32 Å². The van der Waals surface area contributed by atoms with Crippen LogP contribution in [0.4, 0.5) is 5.69 Å². The lowest BCUT2D eigenvalue weighted by molar-refractivity contribution is -0.120. The molecule has 1 aromatic rings. The lowest BCUT2D eigenvalue weighted by Gasteiger charge is -2.30. The van der Waals surface area contributed by atoms with Crippen LogP contribution in [0.1, 0.15) is 25.3 Å². The van der Waals surface area contributed by atoms with Crippen LogP contribution < -0.4 is 5.32 Å². The van der Waals surface area contributed by atoms with Crippen molar-refractivity contribution in [2.45, 2.75) is 19.8 Å². The molecule has 0 unspecified atom stereocenters. The van der Waals surface area contributed by atoms with Crippen molar-refractivity contribution in [2.24, 2.45) is 5.92 Å². The second-order valence-corrected chi connectivity index (χ2v) is 7.54. The number of sulfonamides is 1. The summed E-state index contributed by atoms with van der Waals surface area (Å²) in [7, 11) is -3.26. The number of nitriles is 1. The molecule has 1 N–H and O–H groups in total. The molecular formula is C15H19N3O3S. The molecule has 2 rings (SSSR count). The standard InChI is InChI=1S/C15H19N3O3S/c1-2-22(20,21)18-8-4-6-13(11-18)15(19)17-14-7-3-5-12(9-14)10-16/h3,5,7,9,13H,2,4,6,8,11H2,1H3,(H,17,19)/t13-/m1/s1. The number of hydrogen-bond donors (Lipinski definition) is 1. The molecule has 0 spiro atoms. The molecule has 0 aliphatic carbocycles. The van der Waals surface area contributed by atoms with Crippen molar-refractivity contribution in [3.63, 3.8) is 0 Å². The summed E-state index contributed by atoms with van der Waals surface area (Å²) in [4.78, 5) is 12.3. The summed E-state index contributed by atoms with van der Waals surface area (Å²) >= 11 is 0. The van der Waals surface area contributed by atoms with Crippen LogP contribution in [0.5, 0.6) is 0 Å². The second kappa shape index (κ2) is 6.90. The molecule has 1 saturated heterocycles. The highest BCUT2D eigenvalue weighted by atomic mass is 32.2. The Morgan fingerprint density at radius 3 is 2.95 bits per heavy atom. The van der Waals surface area contributed by atoms with E-state index in [1.807, 2.05) is 6.07 Å². The number of carbonyl (C=O) groups is 1. The number of carbonyl (C=O) groups excluding carboxylic acids is 1. The van der Waals surface area contributed by atoms with E-state index in [2.05, 4.69) is 5.32 Å². The van der Waals surface area contributed by atoms with Gasteiger partial charge in [0.05, 0.1) is 23.3 Å². The minimum absolute atomic E-state index is 0.0472. The Kier molecular flexibility index (Phi) is 5.16. The fourth-order valence-electron chi connectivity index (χ4n) is 2.50. The highest BCUT2D eigenvalue weighted by Crippen LogP contribution is 2.21. The summed E-state index contributed by atoms with van der Waals surface area (Å²) in [6.07, 6.45) is 1.34. The SMILES string of the molecule is CCS(=O)(=O)N1CCC[C@@H](C(=O)Nc2cccc(C#N)c2)C1. The Labute approximate surface area is 130 Å². The fraction of sp³-hybridized carbons (Fsp3) is 0.467. The van der Waals surface area contributed by atoms with Crippen LogP contribution in [0.3, 0.4) is 0 Å². The van der Waals surface area contributed by atoms with E-state index in [9.17, 15) is 13.2 Å². The van der Waals surface area contributed by atoms with E-state index in [4.69, 9.17) is 5.26 Å². The molecule has 0 bridgehead atoms. The molecule has 1 amide bonds. The monoisotopic (exact) mass is 321 g/mol. The third-order valence-corrected chi connectivity index (χ3v) is 5.62. The van der Waals surface area contributed by atoms with Crippen LogP contribution in [-0.2, 0) is 14.8 Å². The maximum Gasteiger partial charge on any atom is 0.228 e. The quantitative estimate of drug-likeness (QED) is 0.911. The van der Waals surface area contributed by atoms with E-state index in [0.29, 0.717) is 30.6 Å². The van der Waals surface area contributed by atoms with Gasteiger partial charge in [0.25, 0.3) is 0 Å². The summed E-state index contributed by atoms with van der Waals surface area (Å²) in [6.45, 7) is 2.30. The minimum Gasteiger partial charge on any atom is -0.326 e. The minimum atomic E-state index is -3.26. The topological polar surface area (TPSA) is 90.3 Å². The molecule has 1 aliphatic rings. The zero-order valence-corrected chi connectivity index (χ0v) is 13.3. The first-order valence-corrected chi connectivity index (χ1v) is 8.86. The number of piperidine rings is 1. The number of benzene rings is 1. The first-order chi connectivity index (χ1) is 10.5. The molecule has 1 fully saturated rings. The summed E-state index contributed by atoms with van der Waals surface area (Å²) in [5.74, 6) is -0.516. The van der Waals surface area contributed by atoms with Crippen molar-refractivity contribution in [3.8, 4) is 6.07 Å². The van der Waals surface area contributed by atoms with Gasteiger partial charge in [-0.3, -0.25) is 4.79 Å². The zero-order chi connectivity index (χ0) is 16.2. The van der Waals surface area contributed by atoms with Crippen molar-refractivity contribution in [2.75, 3.05) is 24.2 Å². The molecule has 7 heteroatoms. The lowest BCUT2D eigenvalue weighted by Crippen LogP contribution is -2.44. The van der Waals surface area contributed by atoms with E-state index < -0.39 is 10.0 Å². The molecule has 1 aliphatic heterocycles. The van der Waals surface area contributed by atoms with E-state index in [-0.39, 0.29) is 24.1 Å². The summed E-state index contributed by atoms with van der Waals surface area (Å²) in [5, 5.41) is 11.6. The molecule has 1 aromatic carbocycles. The van der Waals surface area contributed by atoms with Crippen molar-refractivity contribution in [3.05, 3.63) is 29.8 Å². The van der Waals surface area contributed by atoms with Crippen molar-refractivity contribution < 1.29 is 13.2 Å². The normalized spacial score (nSPS) is 19.4. The summed E-state index contributed by atoms with van der Waals surface area (Å²) < 4.78 is 25.2. The maximum atomic E-state index is 12.3. The number of nitrogens with zero attached hydrogens (tertiary/aromatic N) is 2. The van der Waals surface area contributed by atoms with Gasteiger partial charge >= 0.3 is 0 Å². The first-order valence-electron chi connectivity index (χ1n) is 7.25. The smallest absolute Gasteiger partial charge is 0.228 e. The average molecular weight is 321 g/mol. The number of rotatable bonds is 4. The highest BCUT2D eigenvalue weighted by Gasteiger charge is 2.31. The third kappa shape index (κ3) is 3.84. The van der Waals surface area contributed by atoms with Crippen LogP contribution >= 0.6 is 0 Å². The first kappa shape index (κ1) is 16.5. The number of anilines is 1. The largest absolute Gasteiger partial charge is 0.326 e. The van der Waals surface area contributed by atoms with Gasteiger partial charge in [-0.1, -0.05) is 6.07 Å². The van der Waals surface area contributed by atoms with Gasteiger partial charge in [-0.05, 0) is 38.0 Å². The Bertz CT molecular complexity index is 694. The van der Waals surface area contributed by atoms with E-state index >= 15 is 0 Å². The number of amides is 1. The van der Waals surface area contributed by atoms with Crippen molar-refractivity contribution in [1.82, 2.24) is 4.31 Å². The molecule has 6 nitrogen and oxygen atoms in total. The van der Waals surface area contributed by atoms with Gasteiger partial charge in [0, 0.05) is 18.8 Å². The predicted molar refractivity (Wildman–Crippen MR) is 83.5 cm³/mol. The van der Waals surface area contributed by atoms with Crippen LogP contribution in [0.15, 0.2) is 24.3 Å². The molecule has 0 radical (unpaired) electrons. The van der Waals surface area contributed by atoms with Crippen LogP contribution in [0.2, 0.25) is 0 Å². The van der Waals surface area contributed by atoms with Gasteiger partial charge in [-0.15, -0.1) is 0 Å². The Morgan fingerprint density at radius 1 is 1.50 bits per heavy atom. The molecular weight excluding hydrogens is 302 g/mol. The molecule has 0 aromatic heterocycles. The molecule has 1 heterocycles. The summed E-state index contributed by atoms with van der Waals surface area (Å²) in [5.41, 5.74) is 1.02. The maximum absolute atomic E-state index is 12.3. The molecule has 0 saturated carbocycles. The van der Waals surface area contributed by atoms with Gasteiger partial charge in [-0.2, -0.15) is 5.26 Å². The van der Waals surface area contributed by atoms with Crippen molar-refractivity contribution in [1.29, 1.82) is 5.26 Å². The van der Waals surface area contributed by atoms with Crippen LogP contribution in [-0.4, -0.2) is 37.5 Å². The van der Waals surface area contributed by atoms with E-state index in [0.717, 1.165) is 0 Å². The second-order valence-electron chi connectivity index (χ2n) is 5.28. The molecule has 22 heavy (non-hydrogen) atoms.